The number of carbonyl (C=O) groups excluding carboxylic acids is 2. The van der Waals surface area contributed by atoms with Crippen LogP contribution >= 0.6 is 0 Å². The van der Waals surface area contributed by atoms with E-state index in [0.717, 1.165) is 25.0 Å². The van der Waals surface area contributed by atoms with Crippen LogP contribution in [-0.4, -0.2) is 11.9 Å². The fourth-order valence-corrected chi connectivity index (χ4v) is 0.357. The zero-order valence-electron chi connectivity index (χ0n) is 7.35. The second-order valence-electron chi connectivity index (χ2n) is 1.90. The molecule has 5 nitrogen and oxygen atoms in total. The van der Waals surface area contributed by atoms with Gasteiger partial charge in [-0.25, -0.2) is 0 Å². The monoisotopic (exact) mass is 186 g/mol. The lowest BCUT2D eigenvalue weighted by atomic mass is 10.8. The zero-order valence-corrected chi connectivity index (χ0v) is 7.35. The van der Waals surface area contributed by atoms with Crippen LogP contribution in [0.1, 0.15) is 13.8 Å². The quantitative estimate of drug-likeness (QED) is 0.485. The molecule has 0 N–H and O–H groups in total. The van der Waals surface area contributed by atoms with Crippen LogP contribution in [0.15, 0.2) is 25.0 Å². The van der Waals surface area contributed by atoms with E-state index in [1.54, 1.807) is 0 Å². The summed E-state index contributed by atoms with van der Waals surface area (Å²) < 4.78 is 13.4. The van der Waals surface area contributed by atoms with Crippen molar-refractivity contribution in [2.45, 2.75) is 13.8 Å². The Morgan fingerprint density at radius 1 is 0.846 bits per heavy atom. The van der Waals surface area contributed by atoms with Gasteiger partial charge in [0.25, 0.3) is 0 Å². The standard InChI is InChI=1S/C8H10O5/c1-7(9)12-5-3-11-4-6-13-8(2)10/h3-6H,1-2H3. The number of hydrogen-bond donors (Lipinski definition) is 0. The zero-order chi connectivity index (χ0) is 10.1. The second kappa shape index (κ2) is 6.90. The third-order valence-electron chi connectivity index (χ3n) is 0.736. The van der Waals surface area contributed by atoms with Crippen molar-refractivity contribution in [1.29, 1.82) is 0 Å². The lowest BCUT2D eigenvalue weighted by Gasteiger charge is -1.91. The molecule has 0 heterocycles. The van der Waals surface area contributed by atoms with Gasteiger partial charge in [-0.1, -0.05) is 0 Å². The van der Waals surface area contributed by atoms with Crippen LogP contribution in [-0.2, 0) is 23.8 Å². The Hall–Kier alpha value is -1.78. The minimum Gasteiger partial charge on any atom is -0.466 e. The molecule has 0 atom stereocenters. The summed E-state index contributed by atoms with van der Waals surface area (Å²) in [4.78, 5) is 20.4. The number of carbonyl (C=O) groups is 2. The summed E-state index contributed by atoms with van der Waals surface area (Å²) in [7, 11) is 0. The molecule has 0 saturated heterocycles. The molecule has 0 aliphatic rings. The van der Waals surface area contributed by atoms with Gasteiger partial charge in [-0.15, -0.1) is 0 Å². The van der Waals surface area contributed by atoms with Crippen molar-refractivity contribution in [3.63, 3.8) is 0 Å². The van der Waals surface area contributed by atoms with Crippen molar-refractivity contribution in [2.24, 2.45) is 0 Å². The fourth-order valence-electron chi connectivity index (χ4n) is 0.357. The summed E-state index contributed by atoms with van der Waals surface area (Å²) in [5.41, 5.74) is 0. The molecule has 0 unspecified atom stereocenters. The lowest BCUT2D eigenvalue weighted by molar-refractivity contribution is -0.136. The molecule has 0 bridgehead atoms. The van der Waals surface area contributed by atoms with Crippen LogP contribution in [0.2, 0.25) is 0 Å². The molecule has 0 fully saturated rings. The summed E-state index contributed by atoms with van der Waals surface area (Å²) in [6.45, 7) is 2.53. The molecule has 0 amide bonds. The molecular weight excluding hydrogens is 176 g/mol. The van der Waals surface area contributed by atoms with E-state index in [-0.39, 0.29) is 0 Å². The first kappa shape index (κ1) is 11.2. The van der Waals surface area contributed by atoms with Crippen LogP contribution in [0.3, 0.4) is 0 Å². The number of hydrogen-bond acceptors (Lipinski definition) is 5. The van der Waals surface area contributed by atoms with Gasteiger partial charge < -0.3 is 14.2 Å². The lowest BCUT2D eigenvalue weighted by Crippen LogP contribution is -1.90. The molecule has 0 aromatic heterocycles. The molecule has 0 radical (unpaired) electrons. The van der Waals surface area contributed by atoms with E-state index >= 15 is 0 Å². The van der Waals surface area contributed by atoms with Crippen LogP contribution in [0.5, 0.6) is 0 Å². The number of ether oxygens (including phenoxy) is 3. The van der Waals surface area contributed by atoms with Gasteiger partial charge >= 0.3 is 11.9 Å². The molecule has 72 valence electrons. The van der Waals surface area contributed by atoms with Gasteiger partial charge in [0.15, 0.2) is 0 Å². The second-order valence-corrected chi connectivity index (χ2v) is 1.90. The first-order chi connectivity index (χ1) is 6.13. The van der Waals surface area contributed by atoms with Crippen molar-refractivity contribution in [3.05, 3.63) is 25.0 Å². The van der Waals surface area contributed by atoms with Crippen molar-refractivity contribution < 1.29 is 23.8 Å². The summed E-state index contributed by atoms with van der Waals surface area (Å²) in [5, 5.41) is 0. The predicted octanol–water partition coefficient (Wildman–Crippen LogP) is 1.07. The summed E-state index contributed by atoms with van der Waals surface area (Å²) in [5.74, 6) is -0.882. The average molecular weight is 186 g/mol. The Morgan fingerprint density at radius 2 is 1.23 bits per heavy atom. The maximum Gasteiger partial charge on any atom is 0.307 e. The van der Waals surface area contributed by atoms with E-state index in [0.29, 0.717) is 0 Å². The summed E-state index contributed by atoms with van der Waals surface area (Å²) >= 11 is 0. The normalized spacial score (nSPS) is 10.3. The van der Waals surface area contributed by atoms with Crippen molar-refractivity contribution in [1.82, 2.24) is 0 Å². The predicted molar refractivity (Wildman–Crippen MR) is 42.9 cm³/mol. The minimum absolute atomic E-state index is 0.441. The number of esters is 2. The van der Waals surface area contributed by atoms with E-state index in [4.69, 9.17) is 0 Å². The van der Waals surface area contributed by atoms with Gasteiger partial charge in [0, 0.05) is 13.8 Å². The fraction of sp³-hybridized carbons (Fsp3) is 0.250. The Balaban J connectivity index is 3.43. The van der Waals surface area contributed by atoms with Gasteiger partial charge in [-0.3, -0.25) is 9.59 Å². The van der Waals surface area contributed by atoms with Crippen molar-refractivity contribution in [2.75, 3.05) is 0 Å². The molecule has 0 spiro atoms. The van der Waals surface area contributed by atoms with E-state index in [1.165, 1.54) is 13.8 Å². The third-order valence-corrected chi connectivity index (χ3v) is 0.736. The largest absolute Gasteiger partial charge is 0.466 e. The van der Waals surface area contributed by atoms with Gasteiger partial charge in [0.1, 0.15) is 25.0 Å². The Bertz CT molecular complexity index is 205. The molecule has 0 saturated carbocycles. The smallest absolute Gasteiger partial charge is 0.307 e. The van der Waals surface area contributed by atoms with Crippen LogP contribution in [0, 0.1) is 0 Å². The Labute approximate surface area is 75.6 Å². The summed E-state index contributed by atoms with van der Waals surface area (Å²) in [6, 6.07) is 0. The van der Waals surface area contributed by atoms with E-state index < -0.39 is 11.9 Å². The molecule has 0 aliphatic heterocycles. The average Bonchev–Trinajstić information content (AvgIpc) is 2.01. The van der Waals surface area contributed by atoms with Gasteiger partial charge in [0.2, 0.25) is 0 Å². The van der Waals surface area contributed by atoms with Crippen LogP contribution < -0.4 is 0 Å². The Kier molecular flexibility index (Phi) is 5.96. The maximum absolute atomic E-state index is 10.2. The van der Waals surface area contributed by atoms with E-state index in [2.05, 4.69) is 14.2 Å². The van der Waals surface area contributed by atoms with E-state index in [9.17, 15) is 9.59 Å². The molecule has 0 aromatic carbocycles. The van der Waals surface area contributed by atoms with Crippen LogP contribution in [0.25, 0.3) is 0 Å². The summed E-state index contributed by atoms with van der Waals surface area (Å²) in [6.07, 6.45) is 4.39. The highest BCUT2D eigenvalue weighted by molar-refractivity contribution is 5.66. The molecule has 5 heteroatoms. The molecule has 0 rings (SSSR count). The van der Waals surface area contributed by atoms with Crippen molar-refractivity contribution >= 4 is 11.9 Å². The number of rotatable bonds is 4. The maximum atomic E-state index is 10.2. The topological polar surface area (TPSA) is 61.8 Å². The highest BCUT2D eigenvalue weighted by Crippen LogP contribution is 1.85. The SMILES string of the molecule is CC(=O)OC=COC=COC(C)=O. The molecular formula is C8H10O5. The van der Waals surface area contributed by atoms with Crippen molar-refractivity contribution in [3.8, 4) is 0 Å². The minimum atomic E-state index is -0.441. The first-order valence-electron chi connectivity index (χ1n) is 3.43. The van der Waals surface area contributed by atoms with Gasteiger partial charge in [-0.05, 0) is 0 Å². The Morgan fingerprint density at radius 3 is 1.54 bits per heavy atom. The molecule has 0 aromatic rings. The van der Waals surface area contributed by atoms with Crippen LogP contribution in [0.4, 0.5) is 0 Å². The molecule has 13 heavy (non-hydrogen) atoms. The molecule has 0 aliphatic carbocycles. The van der Waals surface area contributed by atoms with Gasteiger partial charge in [0.05, 0.1) is 0 Å². The first-order valence-corrected chi connectivity index (χ1v) is 3.43. The third kappa shape index (κ3) is 10.2. The van der Waals surface area contributed by atoms with E-state index in [1.807, 2.05) is 0 Å². The highest BCUT2D eigenvalue weighted by Gasteiger charge is 1.84. The highest BCUT2D eigenvalue weighted by atomic mass is 16.6. The van der Waals surface area contributed by atoms with Gasteiger partial charge in [-0.2, -0.15) is 0 Å².